The van der Waals surface area contributed by atoms with E-state index in [9.17, 15) is 0 Å². The van der Waals surface area contributed by atoms with Crippen LogP contribution in [0.1, 0.15) is 6.42 Å². The monoisotopic (exact) mass is 487 g/mol. The number of fused-ring (bicyclic) bond motifs is 1. The van der Waals surface area contributed by atoms with Gasteiger partial charge in [-0.3, -0.25) is 4.68 Å². The molecule has 0 N–H and O–H groups in total. The largest absolute Gasteiger partial charge is 0.374 e. The van der Waals surface area contributed by atoms with Gasteiger partial charge in [0, 0.05) is 64.5 Å². The molecule has 0 aliphatic heterocycles. The van der Waals surface area contributed by atoms with Crippen molar-refractivity contribution in [3.05, 3.63) is 49.1 Å². The summed E-state index contributed by atoms with van der Waals surface area (Å²) in [6.45, 7) is 8.95. The van der Waals surface area contributed by atoms with Crippen LogP contribution in [0.15, 0.2) is 49.1 Å². The summed E-state index contributed by atoms with van der Waals surface area (Å²) in [4.78, 5) is 11.8. The lowest BCUT2D eigenvalue weighted by atomic mass is 10.1. The van der Waals surface area contributed by atoms with Crippen molar-refractivity contribution >= 4 is 24.9 Å². The van der Waals surface area contributed by atoms with Gasteiger partial charge in [0.15, 0.2) is 5.65 Å². The van der Waals surface area contributed by atoms with E-state index in [0.717, 1.165) is 51.9 Å². The molecular formula is C26H33N7OSi. The highest BCUT2D eigenvalue weighted by atomic mass is 28.3. The van der Waals surface area contributed by atoms with Crippen molar-refractivity contribution in [3.8, 4) is 28.5 Å². The van der Waals surface area contributed by atoms with Crippen molar-refractivity contribution in [1.82, 2.24) is 24.3 Å². The van der Waals surface area contributed by atoms with Crippen molar-refractivity contribution in [2.75, 3.05) is 25.1 Å². The van der Waals surface area contributed by atoms with E-state index in [-0.39, 0.29) is 0 Å². The molecule has 8 nitrogen and oxygen atoms in total. The molecular weight excluding hydrogens is 454 g/mol. The molecule has 0 aliphatic rings. The Morgan fingerprint density at radius 3 is 2.51 bits per heavy atom. The van der Waals surface area contributed by atoms with Gasteiger partial charge in [0.1, 0.15) is 12.2 Å². The average Bonchev–Trinajstić information content (AvgIpc) is 3.43. The minimum atomic E-state index is -1.15. The molecule has 9 heteroatoms. The second-order valence-electron chi connectivity index (χ2n) is 10.1. The highest BCUT2D eigenvalue weighted by Gasteiger charge is 2.17. The van der Waals surface area contributed by atoms with E-state index in [1.165, 1.54) is 0 Å². The molecule has 35 heavy (non-hydrogen) atoms. The molecule has 0 spiro atoms. The van der Waals surface area contributed by atoms with Gasteiger partial charge >= 0.3 is 0 Å². The summed E-state index contributed by atoms with van der Waals surface area (Å²) >= 11 is 0. The Morgan fingerprint density at radius 1 is 1.09 bits per heavy atom. The summed E-state index contributed by atoms with van der Waals surface area (Å²) in [5, 5.41) is 13.2. The van der Waals surface area contributed by atoms with E-state index in [2.05, 4.69) is 66.2 Å². The standard InChI is InChI=1S/C26H33N7OSi/c1-31(12-6-11-27)22-9-7-20(8-10-22)23-18-33(19-34-13-14-35(3,4)5)26-25(23)30-24(16-28-26)21-15-29-32(2)17-21/h7-10,15-18H,6,12-14,19H2,1-5H3. The van der Waals surface area contributed by atoms with Gasteiger partial charge in [0.2, 0.25) is 0 Å². The molecule has 0 radical (unpaired) electrons. The van der Waals surface area contributed by atoms with Crippen molar-refractivity contribution in [3.63, 3.8) is 0 Å². The van der Waals surface area contributed by atoms with Crippen LogP contribution in [0.4, 0.5) is 5.69 Å². The number of aryl methyl sites for hydroxylation is 1. The van der Waals surface area contributed by atoms with Crippen LogP contribution in [0.3, 0.4) is 0 Å². The topological polar surface area (TPSA) is 84.8 Å². The van der Waals surface area contributed by atoms with Gasteiger partial charge in [0.05, 0.1) is 30.6 Å². The van der Waals surface area contributed by atoms with Crippen LogP contribution in [0, 0.1) is 11.3 Å². The molecule has 0 fully saturated rings. The van der Waals surface area contributed by atoms with E-state index < -0.39 is 8.07 Å². The van der Waals surface area contributed by atoms with Crippen LogP contribution in [-0.4, -0.2) is 52.6 Å². The molecule has 0 aliphatic carbocycles. The first-order chi connectivity index (χ1) is 16.7. The highest BCUT2D eigenvalue weighted by Crippen LogP contribution is 2.31. The van der Waals surface area contributed by atoms with Crippen LogP contribution in [0.5, 0.6) is 0 Å². The molecule has 182 valence electrons. The van der Waals surface area contributed by atoms with E-state index in [1.807, 2.05) is 24.9 Å². The van der Waals surface area contributed by atoms with Crippen molar-refractivity contribution in [2.24, 2.45) is 7.05 Å². The molecule has 4 rings (SSSR count). The van der Waals surface area contributed by atoms with Gasteiger partial charge in [-0.1, -0.05) is 31.8 Å². The molecule has 0 amide bonds. The summed E-state index contributed by atoms with van der Waals surface area (Å²) in [6.07, 6.45) is 8.13. The Balaban J connectivity index is 1.68. The average molecular weight is 488 g/mol. The zero-order chi connectivity index (χ0) is 25.0. The first kappa shape index (κ1) is 24.6. The van der Waals surface area contributed by atoms with Crippen molar-refractivity contribution in [2.45, 2.75) is 38.8 Å². The van der Waals surface area contributed by atoms with E-state index >= 15 is 0 Å². The number of nitriles is 1. The number of benzene rings is 1. The number of nitrogens with zero attached hydrogens (tertiary/aromatic N) is 7. The third-order valence-electron chi connectivity index (χ3n) is 5.97. The lowest BCUT2D eigenvalue weighted by Gasteiger charge is -2.17. The fourth-order valence-electron chi connectivity index (χ4n) is 3.84. The van der Waals surface area contributed by atoms with E-state index in [1.54, 1.807) is 17.1 Å². The SMILES string of the molecule is CN(CCC#N)c1ccc(-c2cn(COCC[Si](C)(C)C)c3ncc(-c4cnn(C)c4)nc23)cc1. The first-order valence-electron chi connectivity index (χ1n) is 11.9. The molecule has 0 unspecified atom stereocenters. The zero-order valence-electron chi connectivity index (χ0n) is 21.2. The highest BCUT2D eigenvalue weighted by molar-refractivity contribution is 6.76. The molecule has 0 bridgehead atoms. The Morgan fingerprint density at radius 2 is 1.86 bits per heavy atom. The number of hydrogen-bond donors (Lipinski definition) is 0. The molecule has 4 aromatic rings. The van der Waals surface area contributed by atoms with Crippen LogP contribution in [-0.2, 0) is 18.5 Å². The Bertz CT molecular complexity index is 1330. The Hall–Kier alpha value is -3.48. The van der Waals surface area contributed by atoms with Gasteiger partial charge in [-0.2, -0.15) is 10.4 Å². The predicted octanol–water partition coefficient (Wildman–Crippen LogP) is 5.16. The van der Waals surface area contributed by atoms with Crippen LogP contribution in [0.25, 0.3) is 33.5 Å². The fourth-order valence-corrected chi connectivity index (χ4v) is 4.59. The second-order valence-corrected chi connectivity index (χ2v) is 15.7. The summed E-state index contributed by atoms with van der Waals surface area (Å²) in [6, 6.07) is 11.7. The van der Waals surface area contributed by atoms with Gasteiger partial charge < -0.3 is 14.2 Å². The van der Waals surface area contributed by atoms with Crippen molar-refractivity contribution < 1.29 is 4.74 Å². The minimum absolute atomic E-state index is 0.441. The van der Waals surface area contributed by atoms with Crippen LogP contribution in [0.2, 0.25) is 25.7 Å². The predicted molar refractivity (Wildman–Crippen MR) is 143 cm³/mol. The molecule has 0 atom stereocenters. The molecule has 0 saturated carbocycles. The third-order valence-corrected chi connectivity index (χ3v) is 7.67. The van der Waals surface area contributed by atoms with E-state index in [4.69, 9.17) is 20.0 Å². The molecule has 3 heterocycles. The number of aromatic nitrogens is 5. The van der Waals surface area contributed by atoms with Gasteiger partial charge in [0.25, 0.3) is 0 Å². The molecule has 3 aromatic heterocycles. The van der Waals surface area contributed by atoms with E-state index in [0.29, 0.717) is 19.7 Å². The zero-order valence-corrected chi connectivity index (χ0v) is 22.2. The number of anilines is 1. The smallest absolute Gasteiger partial charge is 0.161 e. The number of hydrogen-bond acceptors (Lipinski definition) is 6. The maximum absolute atomic E-state index is 8.88. The summed E-state index contributed by atoms with van der Waals surface area (Å²) in [7, 11) is 2.74. The maximum Gasteiger partial charge on any atom is 0.161 e. The molecule has 1 aromatic carbocycles. The maximum atomic E-state index is 8.88. The Kier molecular flexibility index (Phi) is 7.33. The lowest BCUT2D eigenvalue weighted by Crippen LogP contribution is -2.22. The number of rotatable bonds is 10. The normalized spacial score (nSPS) is 11.7. The summed E-state index contributed by atoms with van der Waals surface area (Å²) in [5.41, 5.74) is 6.51. The second kappa shape index (κ2) is 10.4. The lowest BCUT2D eigenvalue weighted by molar-refractivity contribution is 0.0899. The fraction of sp³-hybridized carbons (Fsp3) is 0.385. The van der Waals surface area contributed by atoms with Crippen LogP contribution >= 0.6 is 0 Å². The Labute approximate surface area is 207 Å². The van der Waals surface area contributed by atoms with Gasteiger partial charge in [-0.25, -0.2) is 9.97 Å². The first-order valence-corrected chi connectivity index (χ1v) is 15.6. The summed E-state index contributed by atoms with van der Waals surface area (Å²) in [5.74, 6) is 0. The van der Waals surface area contributed by atoms with Crippen LogP contribution < -0.4 is 4.90 Å². The third kappa shape index (κ3) is 5.96. The molecule has 0 saturated heterocycles. The minimum Gasteiger partial charge on any atom is -0.374 e. The summed E-state index contributed by atoms with van der Waals surface area (Å²) < 4.78 is 9.85. The van der Waals surface area contributed by atoms with Crippen molar-refractivity contribution in [1.29, 1.82) is 5.26 Å². The quantitative estimate of drug-likeness (QED) is 0.227. The van der Waals surface area contributed by atoms with Gasteiger partial charge in [-0.15, -0.1) is 0 Å². The number of ether oxygens (including phenoxy) is 1. The van der Waals surface area contributed by atoms with Gasteiger partial charge in [-0.05, 0) is 23.7 Å².